The number of aromatic nitrogens is 6. The summed E-state index contributed by atoms with van der Waals surface area (Å²) in [5.41, 5.74) is 2.63. The van der Waals surface area contributed by atoms with Crippen LogP contribution in [0.1, 0.15) is 55.1 Å². The molecule has 38 heavy (non-hydrogen) atoms. The van der Waals surface area contributed by atoms with E-state index in [1.54, 1.807) is 9.20 Å². The van der Waals surface area contributed by atoms with E-state index in [9.17, 15) is 9.90 Å². The number of aryl methyl sites for hydroxylation is 2. The van der Waals surface area contributed by atoms with Crippen LogP contribution < -0.4 is 4.90 Å². The molecule has 4 fully saturated rings. The Morgan fingerprint density at radius 2 is 2.00 bits per heavy atom. The lowest BCUT2D eigenvalue weighted by Crippen LogP contribution is -2.51. The molecular weight excluding hydrogens is 482 g/mol. The van der Waals surface area contributed by atoms with Crippen LogP contribution in [0.15, 0.2) is 48.9 Å². The highest BCUT2D eigenvalue weighted by molar-refractivity contribution is 5.78. The van der Waals surface area contributed by atoms with Crippen molar-refractivity contribution in [2.45, 2.75) is 63.7 Å². The second kappa shape index (κ2) is 7.86. The first-order valence-electron chi connectivity index (χ1n) is 13.1. The quantitative estimate of drug-likeness (QED) is 0.417. The number of ether oxygens (including phenoxy) is 1. The zero-order valence-corrected chi connectivity index (χ0v) is 21.8. The molecular formula is C28H31N7O3. The molecule has 1 aliphatic carbocycles. The summed E-state index contributed by atoms with van der Waals surface area (Å²) in [6, 6.07) is 12.8. The molecule has 6 heterocycles. The van der Waals surface area contributed by atoms with Gasteiger partial charge in [0.05, 0.1) is 24.0 Å². The first-order valence-corrected chi connectivity index (χ1v) is 13.1. The van der Waals surface area contributed by atoms with Gasteiger partial charge in [-0.25, -0.2) is 19.2 Å². The number of benzene rings is 1. The van der Waals surface area contributed by atoms with Crippen molar-refractivity contribution in [1.29, 1.82) is 0 Å². The third-order valence-corrected chi connectivity index (χ3v) is 8.98. The fourth-order valence-corrected chi connectivity index (χ4v) is 6.88. The average Bonchev–Trinajstić information content (AvgIpc) is 3.68. The SMILES string of the molecule is Cc1cc(N2CC[C@](C)(c3ccccc3)C2)cn2nc(C3OC4(Cn5ncnc5C)CC3(C(=O)O)C4)nc12. The maximum atomic E-state index is 12.5. The van der Waals surface area contributed by atoms with Crippen molar-refractivity contribution in [3.63, 3.8) is 0 Å². The predicted octanol–water partition coefficient (Wildman–Crippen LogP) is 3.48. The van der Waals surface area contributed by atoms with Crippen LogP contribution in [0.4, 0.5) is 5.69 Å². The fourth-order valence-electron chi connectivity index (χ4n) is 6.88. The summed E-state index contributed by atoms with van der Waals surface area (Å²) in [5.74, 6) is 0.343. The first-order chi connectivity index (χ1) is 18.2. The molecule has 10 nitrogen and oxygen atoms in total. The lowest BCUT2D eigenvalue weighted by molar-refractivity contribution is -0.155. The monoisotopic (exact) mass is 513 g/mol. The van der Waals surface area contributed by atoms with E-state index in [0.717, 1.165) is 42.2 Å². The van der Waals surface area contributed by atoms with Gasteiger partial charge in [-0.1, -0.05) is 37.3 Å². The molecule has 10 heteroatoms. The average molecular weight is 514 g/mol. The normalized spacial score (nSPS) is 30.2. The largest absolute Gasteiger partial charge is 0.481 e. The number of carboxylic acid groups (broad SMARTS) is 1. The fraction of sp³-hybridized carbons (Fsp3) is 0.464. The van der Waals surface area contributed by atoms with Gasteiger partial charge in [0.25, 0.3) is 0 Å². The highest BCUT2D eigenvalue weighted by Crippen LogP contribution is 2.67. The molecule has 3 aromatic heterocycles. The Bertz CT molecular complexity index is 1560. The third-order valence-electron chi connectivity index (χ3n) is 8.98. The molecule has 0 spiro atoms. The van der Waals surface area contributed by atoms with Crippen LogP contribution in [0.3, 0.4) is 0 Å². The maximum absolute atomic E-state index is 12.5. The van der Waals surface area contributed by atoms with E-state index >= 15 is 0 Å². The molecule has 3 aliphatic heterocycles. The molecule has 0 amide bonds. The topological polar surface area (TPSA) is 111 Å². The Kier molecular flexibility index (Phi) is 4.83. The molecule has 1 saturated carbocycles. The van der Waals surface area contributed by atoms with Crippen LogP contribution in [0, 0.1) is 19.3 Å². The Morgan fingerprint density at radius 3 is 2.71 bits per heavy atom. The van der Waals surface area contributed by atoms with Crippen LogP contribution in [-0.2, 0) is 21.5 Å². The van der Waals surface area contributed by atoms with Crippen LogP contribution >= 0.6 is 0 Å². The molecule has 3 saturated heterocycles. The molecule has 1 unspecified atom stereocenters. The maximum Gasteiger partial charge on any atom is 0.313 e. The van der Waals surface area contributed by atoms with E-state index in [-0.39, 0.29) is 5.41 Å². The van der Waals surface area contributed by atoms with E-state index < -0.39 is 23.1 Å². The minimum absolute atomic E-state index is 0.0843. The van der Waals surface area contributed by atoms with Gasteiger partial charge in [-0.05, 0) is 50.3 Å². The lowest BCUT2D eigenvalue weighted by atomic mass is 9.60. The summed E-state index contributed by atoms with van der Waals surface area (Å²) in [4.78, 5) is 23.9. The molecule has 1 aromatic carbocycles. The zero-order valence-electron chi connectivity index (χ0n) is 21.8. The van der Waals surface area contributed by atoms with Crippen LogP contribution in [0.5, 0.6) is 0 Å². The highest BCUT2D eigenvalue weighted by atomic mass is 16.5. The number of anilines is 1. The standard InChI is InChI=1S/C28H31N7O3/c1-18-11-21(33-10-9-26(3,15-33)20-7-5-4-6-8-20)12-34-24(18)31-23(32-34)22-28(25(36)37)13-27(14-28,38-22)16-35-19(2)29-17-30-35/h4-8,11-12,17,22H,9-10,13-16H2,1-3H3,(H,36,37)/t22?,26-,27?,28?/m0/s1. The van der Waals surface area contributed by atoms with E-state index in [2.05, 4.69) is 58.3 Å². The van der Waals surface area contributed by atoms with Gasteiger partial charge in [0, 0.05) is 18.5 Å². The highest BCUT2D eigenvalue weighted by Gasteiger charge is 2.73. The summed E-state index contributed by atoms with van der Waals surface area (Å²) in [5, 5.41) is 19.3. The van der Waals surface area contributed by atoms with Gasteiger partial charge >= 0.3 is 5.97 Å². The van der Waals surface area contributed by atoms with Crippen molar-refractivity contribution in [1.82, 2.24) is 29.4 Å². The summed E-state index contributed by atoms with van der Waals surface area (Å²) < 4.78 is 10.0. The molecule has 196 valence electrons. The Hall–Kier alpha value is -3.79. The predicted molar refractivity (Wildman–Crippen MR) is 139 cm³/mol. The Morgan fingerprint density at radius 1 is 1.21 bits per heavy atom. The number of hydrogen-bond donors (Lipinski definition) is 1. The van der Waals surface area contributed by atoms with E-state index in [0.29, 0.717) is 25.2 Å². The van der Waals surface area contributed by atoms with Gasteiger partial charge < -0.3 is 14.7 Å². The van der Waals surface area contributed by atoms with Gasteiger partial charge in [0.1, 0.15) is 23.7 Å². The van der Waals surface area contributed by atoms with Crippen LogP contribution in [-0.4, -0.2) is 59.1 Å². The van der Waals surface area contributed by atoms with Gasteiger partial charge in [-0.2, -0.15) is 5.10 Å². The summed E-state index contributed by atoms with van der Waals surface area (Å²) in [6.45, 7) is 8.58. The molecule has 1 N–H and O–H groups in total. The van der Waals surface area contributed by atoms with Crippen molar-refractivity contribution < 1.29 is 14.6 Å². The Balaban J connectivity index is 1.18. The number of fused-ring (bicyclic) bond motifs is 2. The van der Waals surface area contributed by atoms with Crippen molar-refractivity contribution in [2.24, 2.45) is 5.41 Å². The van der Waals surface area contributed by atoms with Crippen molar-refractivity contribution >= 4 is 17.3 Å². The van der Waals surface area contributed by atoms with Gasteiger partial charge in [0.15, 0.2) is 11.5 Å². The summed E-state index contributed by atoms with van der Waals surface area (Å²) in [7, 11) is 0. The molecule has 2 atom stereocenters. The van der Waals surface area contributed by atoms with E-state index in [1.165, 1.54) is 11.9 Å². The molecule has 0 radical (unpaired) electrons. The van der Waals surface area contributed by atoms with Crippen molar-refractivity contribution in [2.75, 3.05) is 18.0 Å². The summed E-state index contributed by atoms with van der Waals surface area (Å²) >= 11 is 0. The number of aliphatic carboxylic acids is 1. The number of hydrogen-bond acceptors (Lipinski definition) is 7. The minimum atomic E-state index is -1.03. The number of carbonyl (C=O) groups is 1. The van der Waals surface area contributed by atoms with Gasteiger partial charge in [-0.15, -0.1) is 5.10 Å². The van der Waals surface area contributed by atoms with E-state index in [4.69, 9.17) is 14.8 Å². The number of pyridine rings is 1. The second-order valence-corrected chi connectivity index (χ2v) is 11.7. The summed E-state index contributed by atoms with van der Waals surface area (Å²) in [6.07, 6.45) is 4.70. The number of nitrogens with zero attached hydrogens (tertiary/aromatic N) is 7. The zero-order chi connectivity index (χ0) is 26.3. The van der Waals surface area contributed by atoms with Gasteiger partial charge in [0.2, 0.25) is 0 Å². The second-order valence-electron chi connectivity index (χ2n) is 11.7. The van der Waals surface area contributed by atoms with Crippen molar-refractivity contribution in [3.8, 4) is 0 Å². The number of rotatable bonds is 6. The molecule has 4 aromatic rings. The Labute approximate surface area is 220 Å². The van der Waals surface area contributed by atoms with E-state index in [1.807, 2.05) is 20.0 Å². The third kappa shape index (κ3) is 3.32. The molecule has 2 bridgehead atoms. The minimum Gasteiger partial charge on any atom is -0.481 e. The van der Waals surface area contributed by atoms with Crippen LogP contribution in [0.25, 0.3) is 5.65 Å². The van der Waals surface area contributed by atoms with Crippen LogP contribution in [0.2, 0.25) is 0 Å². The molecule has 8 rings (SSSR count). The molecule has 4 aliphatic rings. The smallest absolute Gasteiger partial charge is 0.313 e. The first kappa shape index (κ1) is 23.3. The van der Waals surface area contributed by atoms with Crippen molar-refractivity contribution in [3.05, 3.63) is 71.7 Å². The number of carboxylic acids is 1. The van der Waals surface area contributed by atoms with Gasteiger partial charge in [-0.3, -0.25) is 4.79 Å². The lowest BCUT2D eigenvalue weighted by Gasteiger charge is -2.41.